The Bertz CT molecular complexity index is 557. The van der Waals surface area contributed by atoms with E-state index in [1.54, 1.807) is 18.2 Å². The molecule has 25 heavy (non-hydrogen) atoms. The molecular weight excluding hydrogens is 336 g/mol. The minimum Gasteiger partial charge on any atom is -0.491 e. The van der Waals surface area contributed by atoms with Crippen molar-refractivity contribution in [3.63, 3.8) is 0 Å². The molecule has 5 nitrogen and oxygen atoms in total. The maximum absolute atomic E-state index is 12.4. The van der Waals surface area contributed by atoms with Crippen molar-refractivity contribution in [1.82, 2.24) is 10.6 Å². The lowest BCUT2D eigenvalue weighted by atomic mass is 10.1. The van der Waals surface area contributed by atoms with Crippen LogP contribution in [-0.4, -0.2) is 36.9 Å². The Morgan fingerprint density at radius 3 is 2.68 bits per heavy atom. The lowest BCUT2D eigenvalue weighted by molar-refractivity contribution is 0.0975. The van der Waals surface area contributed by atoms with E-state index in [9.17, 15) is 4.79 Å². The molecule has 0 radical (unpaired) electrons. The van der Waals surface area contributed by atoms with Crippen LogP contribution in [0.2, 0.25) is 0 Å². The second-order valence-corrected chi connectivity index (χ2v) is 6.60. The van der Waals surface area contributed by atoms with Crippen LogP contribution in [0.25, 0.3) is 0 Å². The summed E-state index contributed by atoms with van der Waals surface area (Å²) in [7, 11) is 0. The van der Waals surface area contributed by atoms with E-state index in [4.69, 9.17) is 21.7 Å². The highest BCUT2D eigenvalue weighted by Gasteiger charge is 2.15. The summed E-state index contributed by atoms with van der Waals surface area (Å²) in [6.07, 6.45) is 7.23. The molecule has 0 aromatic heterocycles. The zero-order valence-corrected chi connectivity index (χ0v) is 15.7. The molecule has 1 aliphatic rings. The average Bonchev–Trinajstić information content (AvgIpc) is 2.87. The highest BCUT2D eigenvalue weighted by atomic mass is 32.1. The standard InChI is InChI=1S/C19H28N2O3S/c1-2-23-12-13-24-17-11-7-8-15(14-17)18(22)21-19(25)20-16-9-5-3-4-6-10-16/h7-8,11,14,16H,2-6,9-10,12-13H2,1H3,(H2,20,21,22,25). The van der Waals surface area contributed by atoms with Gasteiger partial charge in [-0.3, -0.25) is 10.1 Å². The van der Waals surface area contributed by atoms with Crippen LogP contribution < -0.4 is 15.4 Å². The number of thiocarbonyl (C=S) groups is 1. The summed E-state index contributed by atoms with van der Waals surface area (Å²) in [5.74, 6) is 0.427. The molecule has 1 aromatic rings. The third-order valence-electron chi connectivity index (χ3n) is 4.21. The Kier molecular flexibility index (Phi) is 8.69. The van der Waals surface area contributed by atoms with Gasteiger partial charge in [-0.1, -0.05) is 31.7 Å². The number of benzene rings is 1. The molecule has 0 spiro atoms. The van der Waals surface area contributed by atoms with Crippen molar-refractivity contribution in [2.75, 3.05) is 19.8 Å². The van der Waals surface area contributed by atoms with Crippen molar-refractivity contribution in [3.05, 3.63) is 29.8 Å². The monoisotopic (exact) mass is 364 g/mol. The van der Waals surface area contributed by atoms with E-state index in [0.29, 0.717) is 42.3 Å². The van der Waals surface area contributed by atoms with Gasteiger partial charge in [0.05, 0.1) is 6.61 Å². The molecule has 1 amide bonds. The first kappa shape index (κ1) is 19.7. The van der Waals surface area contributed by atoms with Crippen molar-refractivity contribution in [2.24, 2.45) is 0 Å². The highest BCUT2D eigenvalue weighted by molar-refractivity contribution is 7.80. The second-order valence-electron chi connectivity index (χ2n) is 6.19. The van der Waals surface area contributed by atoms with Crippen LogP contribution in [0.15, 0.2) is 24.3 Å². The summed E-state index contributed by atoms with van der Waals surface area (Å²) in [5.41, 5.74) is 0.527. The molecule has 2 rings (SSSR count). The van der Waals surface area contributed by atoms with Gasteiger partial charge in [-0.15, -0.1) is 0 Å². The van der Waals surface area contributed by atoms with Crippen LogP contribution in [0.3, 0.4) is 0 Å². The summed E-state index contributed by atoms with van der Waals surface area (Å²) in [6, 6.07) is 7.45. The SMILES string of the molecule is CCOCCOc1cccc(C(=O)NC(=S)NC2CCCCCC2)c1. The number of hydrogen-bond acceptors (Lipinski definition) is 4. The van der Waals surface area contributed by atoms with Crippen LogP contribution in [0, 0.1) is 0 Å². The zero-order valence-electron chi connectivity index (χ0n) is 14.9. The first-order valence-corrected chi connectivity index (χ1v) is 9.52. The summed E-state index contributed by atoms with van der Waals surface area (Å²) >= 11 is 5.30. The first-order valence-electron chi connectivity index (χ1n) is 9.11. The van der Waals surface area contributed by atoms with Gasteiger partial charge < -0.3 is 14.8 Å². The van der Waals surface area contributed by atoms with E-state index >= 15 is 0 Å². The molecule has 0 atom stereocenters. The first-order chi connectivity index (χ1) is 12.2. The van der Waals surface area contributed by atoms with E-state index in [0.717, 1.165) is 12.8 Å². The van der Waals surface area contributed by atoms with Crippen molar-refractivity contribution < 1.29 is 14.3 Å². The number of ether oxygens (including phenoxy) is 2. The number of carbonyl (C=O) groups excluding carboxylic acids is 1. The maximum Gasteiger partial charge on any atom is 0.257 e. The second kappa shape index (κ2) is 11.1. The van der Waals surface area contributed by atoms with Crippen LogP contribution in [-0.2, 0) is 4.74 Å². The number of carbonyl (C=O) groups is 1. The lowest BCUT2D eigenvalue weighted by Crippen LogP contribution is -2.44. The number of hydrogen-bond donors (Lipinski definition) is 2. The minimum atomic E-state index is -0.221. The van der Waals surface area contributed by atoms with Gasteiger partial charge in [0.25, 0.3) is 5.91 Å². The van der Waals surface area contributed by atoms with E-state index in [2.05, 4.69) is 10.6 Å². The molecule has 1 aromatic carbocycles. The third-order valence-corrected chi connectivity index (χ3v) is 4.43. The zero-order chi connectivity index (χ0) is 17.9. The molecular formula is C19H28N2O3S. The smallest absolute Gasteiger partial charge is 0.257 e. The minimum absolute atomic E-state index is 0.221. The molecule has 1 fully saturated rings. The van der Waals surface area contributed by atoms with Crippen LogP contribution >= 0.6 is 12.2 Å². The van der Waals surface area contributed by atoms with Gasteiger partial charge in [0.15, 0.2) is 5.11 Å². The summed E-state index contributed by atoms with van der Waals surface area (Å²) < 4.78 is 10.8. The normalized spacial score (nSPS) is 15.2. The summed E-state index contributed by atoms with van der Waals surface area (Å²) in [4.78, 5) is 12.4. The van der Waals surface area contributed by atoms with Crippen LogP contribution in [0.4, 0.5) is 0 Å². The fourth-order valence-corrected chi connectivity index (χ4v) is 3.17. The van der Waals surface area contributed by atoms with Crippen molar-refractivity contribution in [3.8, 4) is 5.75 Å². The maximum atomic E-state index is 12.4. The molecule has 0 heterocycles. The molecule has 0 saturated heterocycles. The molecule has 1 saturated carbocycles. The molecule has 0 bridgehead atoms. The summed E-state index contributed by atoms with van der Waals surface area (Å²) in [5, 5.41) is 6.45. The van der Waals surface area contributed by atoms with Gasteiger partial charge in [0, 0.05) is 18.2 Å². The molecule has 0 aliphatic heterocycles. The van der Waals surface area contributed by atoms with E-state index < -0.39 is 0 Å². The predicted molar refractivity (Wildman–Crippen MR) is 103 cm³/mol. The molecule has 6 heteroatoms. The van der Waals surface area contributed by atoms with Gasteiger partial charge in [0.2, 0.25) is 0 Å². The van der Waals surface area contributed by atoms with E-state index in [-0.39, 0.29) is 5.91 Å². The predicted octanol–water partition coefficient (Wildman–Crippen LogP) is 3.43. The number of rotatable bonds is 7. The van der Waals surface area contributed by atoms with Crippen molar-refractivity contribution >= 4 is 23.2 Å². The Morgan fingerprint density at radius 2 is 1.96 bits per heavy atom. The molecule has 138 valence electrons. The Balaban J connectivity index is 1.81. The van der Waals surface area contributed by atoms with Gasteiger partial charge >= 0.3 is 0 Å². The third kappa shape index (κ3) is 7.40. The highest BCUT2D eigenvalue weighted by Crippen LogP contribution is 2.17. The Morgan fingerprint density at radius 1 is 1.20 bits per heavy atom. The number of nitrogens with one attached hydrogen (secondary N) is 2. The van der Waals surface area contributed by atoms with Crippen molar-refractivity contribution in [1.29, 1.82) is 0 Å². The average molecular weight is 365 g/mol. The number of amides is 1. The van der Waals surface area contributed by atoms with Gasteiger partial charge in [-0.25, -0.2) is 0 Å². The molecule has 2 N–H and O–H groups in total. The molecule has 1 aliphatic carbocycles. The quantitative estimate of drug-likeness (QED) is 0.441. The van der Waals surface area contributed by atoms with Crippen molar-refractivity contribution in [2.45, 2.75) is 51.5 Å². The van der Waals surface area contributed by atoms with Gasteiger partial charge in [0.1, 0.15) is 12.4 Å². The fourth-order valence-electron chi connectivity index (χ4n) is 2.91. The summed E-state index contributed by atoms with van der Waals surface area (Å²) in [6.45, 7) is 3.59. The molecule has 0 unspecified atom stereocenters. The van der Waals surface area contributed by atoms with Gasteiger partial charge in [-0.05, 0) is 50.2 Å². The topological polar surface area (TPSA) is 59.6 Å². The fraction of sp³-hybridized carbons (Fsp3) is 0.579. The van der Waals surface area contributed by atoms with Crippen LogP contribution in [0.5, 0.6) is 5.75 Å². The van der Waals surface area contributed by atoms with Gasteiger partial charge in [-0.2, -0.15) is 0 Å². The Labute approximate surface area is 155 Å². The van der Waals surface area contributed by atoms with Crippen LogP contribution in [0.1, 0.15) is 55.8 Å². The lowest BCUT2D eigenvalue weighted by Gasteiger charge is -2.18. The Hall–Kier alpha value is -1.66. The largest absolute Gasteiger partial charge is 0.491 e. The van der Waals surface area contributed by atoms with E-state index in [1.807, 2.05) is 13.0 Å². The van der Waals surface area contributed by atoms with E-state index in [1.165, 1.54) is 25.7 Å².